The predicted octanol–water partition coefficient (Wildman–Crippen LogP) is 5.45. The Morgan fingerprint density at radius 1 is 0.897 bits per heavy atom. The summed E-state index contributed by atoms with van der Waals surface area (Å²) in [7, 11) is 0. The highest BCUT2D eigenvalue weighted by Crippen LogP contribution is 2.25. The molecule has 142 valence electrons. The highest BCUT2D eigenvalue weighted by atomic mass is 19.1. The van der Waals surface area contributed by atoms with Crippen LogP contribution >= 0.6 is 0 Å². The van der Waals surface area contributed by atoms with Gasteiger partial charge in [-0.1, -0.05) is 29.8 Å². The van der Waals surface area contributed by atoms with Gasteiger partial charge in [0.2, 0.25) is 0 Å². The van der Waals surface area contributed by atoms with Crippen LogP contribution in [0.4, 0.5) is 4.39 Å². The average Bonchev–Trinajstić information content (AvgIpc) is 3.33. The summed E-state index contributed by atoms with van der Waals surface area (Å²) < 4.78 is 15.5. The van der Waals surface area contributed by atoms with Gasteiger partial charge in [-0.25, -0.2) is 14.4 Å². The van der Waals surface area contributed by atoms with Crippen molar-refractivity contribution in [2.75, 3.05) is 0 Å². The third-order valence-corrected chi connectivity index (χ3v) is 4.96. The lowest BCUT2D eigenvalue weighted by atomic mass is 10.2. The minimum atomic E-state index is -0.260. The van der Waals surface area contributed by atoms with Crippen LogP contribution < -0.4 is 0 Å². The monoisotopic (exact) mass is 382 g/mol. The van der Waals surface area contributed by atoms with Gasteiger partial charge in [-0.05, 0) is 55.5 Å². The number of H-pyrrole nitrogens is 1. The van der Waals surface area contributed by atoms with Crippen LogP contribution in [0.3, 0.4) is 0 Å². The van der Waals surface area contributed by atoms with Crippen LogP contribution in [0.25, 0.3) is 28.1 Å². The maximum absolute atomic E-state index is 13.4. The van der Waals surface area contributed by atoms with E-state index in [2.05, 4.69) is 41.2 Å². The van der Waals surface area contributed by atoms with Crippen LogP contribution in [0.2, 0.25) is 0 Å². The molecule has 0 amide bonds. The largest absolute Gasteiger partial charge is 0.342 e. The predicted molar refractivity (Wildman–Crippen MR) is 113 cm³/mol. The zero-order valence-corrected chi connectivity index (χ0v) is 15.9. The zero-order chi connectivity index (χ0) is 19.8. The number of hydrogen-bond acceptors (Lipinski definition) is 2. The van der Waals surface area contributed by atoms with Gasteiger partial charge in [0.15, 0.2) is 0 Å². The third-order valence-electron chi connectivity index (χ3n) is 4.96. The molecule has 2 heterocycles. The molecule has 2 aromatic heterocycles. The molecule has 29 heavy (non-hydrogen) atoms. The number of fused-ring (bicyclic) bond motifs is 1. The normalized spacial score (nSPS) is 11.2. The first-order valence-corrected chi connectivity index (χ1v) is 9.50. The van der Waals surface area contributed by atoms with Gasteiger partial charge in [0, 0.05) is 23.9 Å². The van der Waals surface area contributed by atoms with Gasteiger partial charge in [-0.15, -0.1) is 0 Å². The van der Waals surface area contributed by atoms with Gasteiger partial charge in [-0.2, -0.15) is 0 Å². The Bertz CT molecular complexity index is 1180. The van der Waals surface area contributed by atoms with Crippen LogP contribution in [0, 0.1) is 12.7 Å². The Morgan fingerprint density at radius 2 is 1.66 bits per heavy atom. The molecular formula is C24H19FN4. The van der Waals surface area contributed by atoms with Crippen molar-refractivity contribution < 1.29 is 4.39 Å². The summed E-state index contributed by atoms with van der Waals surface area (Å²) in [5.74, 6) is 1.38. The van der Waals surface area contributed by atoms with Crippen LogP contribution in [0.15, 0.2) is 79.0 Å². The lowest BCUT2D eigenvalue weighted by molar-refractivity contribution is 0.628. The van der Waals surface area contributed by atoms with Gasteiger partial charge in [0.1, 0.15) is 17.5 Å². The van der Waals surface area contributed by atoms with Crippen molar-refractivity contribution >= 4 is 11.0 Å². The molecular weight excluding hydrogens is 363 g/mol. The number of nitrogens with zero attached hydrogens (tertiary/aromatic N) is 3. The standard InChI is InChI=1S/C24H19FN4/c1-16-6-12-20(13-7-16)29-15-19(26-24(29)17-8-10-18(25)11-9-17)14-23-27-21-4-2-3-5-22(21)28-23/h2-13,15H,14H2,1H3,(H,27,28). The molecule has 4 nitrogen and oxygen atoms in total. The lowest BCUT2D eigenvalue weighted by Crippen LogP contribution is -1.96. The first kappa shape index (κ1) is 17.4. The molecule has 5 rings (SSSR count). The second-order valence-electron chi connectivity index (χ2n) is 7.15. The number of aromatic amines is 1. The molecule has 0 unspecified atom stereocenters. The quantitative estimate of drug-likeness (QED) is 0.449. The number of rotatable bonds is 4. The Labute approximate surface area is 167 Å². The van der Waals surface area contributed by atoms with Crippen LogP contribution in [-0.2, 0) is 6.42 Å². The SMILES string of the molecule is Cc1ccc(-n2cc(Cc3nc4ccccc4[nH]3)nc2-c2ccc(F)cc2)cc1. The molecule has 5 heteroatoms. The number of para-hydroxylation sites is 2. The Kier molecular flexibility index (Phi) is 4.21. The van der Waals surface area contributed by atoms with E-state index in [4.69, 9.17) is 4.98 Å². The first-order valence-electron chi connectivity index (χ1n) is 9.50. The van der Waals surface area contributed by atoms with E-state index in [1.54, 1.807) is 12.1 Å². The van der Waals surface area contributed by atoms with Crippen molar-refractivity contribution in [3.63, 3.8) is 0 Å². The molecule has 0 aliphatic carbocycles. The summed E-state index contributed by atoms with van der Waals surface area (Å²) in [5, 5.41) is 0. The van der Waals surface area contributed by atoms with Crippen molar-refractivity contribution in [3.05, 3.63) is 102 Å². The second-order valence-corrected chi connectivity index (χ2v) is 7.15. The molecule has 0 spiro atoms. The molecule has 3 aromatic carbocycles. The number of benzene rings is 3. The van der Waals surface area contributed by atoms with E-state index in [1.165, 1.54) is 17.7 Å². The molecule has 0 aliphatic heterocycles. The Hall–Kier alpha value is -3.73. The molecule has 0 saturated heterocycles. The van der Waals surface area contributed by atoms with Gasteiger partial charge < -0.3 is 4.98 Å². The lowest BCUT2D eigenvalue weighted by Gasteiger charge is -2.08. The van der Waals surface area contributed by atoms with Crippen molar-refractivity contribution in [3.8, 4) is 17.1 Å². The fourth-order valence-electron chi connectivity index (χ4n) is 3.48. The maximum atomic E-state index is 13.4. The number of halogens is 1. The van der Waals surface area contributed by atoms with Crippen molar-refractivity contribution in [1.29, 1.82) is 0 Å². The smallest absolute Gasteiger partial charge is 0.144 e. The summed E-state index contributed by atoms with van der Waals surface area (Å²) in [4.78, 5) is 12.9. The summed E-state index contributed by atoms with van der Waals surface area (Å²) in [6, 6.07) is 22.7. The number of imidazole rings is 2. The fourth-order valence-corrected chi connectivity index (χ4v) is 3.48. The van der Waals surface area contributed by atoms with E-state index in [-0.39, 0.29) is 5.82 Å². The molecule has 0 fully saturated rings. The number of aryl methyl sites for hydroxylation is 1. The molecule has 0 saturated carbocycles. The molecule has 0 bridgehead atoms. The van der Waals surface area contributed by atoms with Crippen molar-refractivity contribution in [2.24, 2.45) is 0 Å². The first-order chi connectivity index (χ1) is 14.2. The van der Waals surface area contributed by atoms with E-state index in [0.717, 1.165) is 39.6 Å². The number of hydrogen-bond donors (Lipinski definition) is 1. The van der Waals surface area contributed by atoms with Crippen molar-refractivity contribution in [2.45, 2.75) is 13.3 Å². The van der Waals surface area contributed by atoms with Crippen LogP contribution in [-0.4, -0.2) is 19.5 Å². The highest BCUT2D eigenvalue weighted by Gasteiger charge is 2.14. The maximum Gasteiger partial charge on any atom is 0.144 e. The van der Waals surface area contributed by atoms with Crippen molar-refractivity contribution in [1.82, 2.24) is 19.5 Å². The molecule has 0 radical (unpaired) electrons. The summed E-state index contributed by atoms with van der Waals surface area (Å²) in [5.41, 5.74) is 5.92. The van der Waals surface area contributed by atoms with Gasteiger partial charge in [0.25, 0.3) is 0 Å². The number of nitrogens with one attached hydrogen (secondary N) is 1. The Morgan fingerprint density at radius 3 is 2.41 bits per heavy atom. The summed E-state index contributed by atoms with van der Waals surface area (Å²) in [6.45, 7) is 2.06. The summed E-state index contributed by atoms with van der Waals surface area (Å²) >= 11 is 0. The van der Waals surface area contributed by atoms with E-state index >= 15 is 0 Å². The van der Waals surface area contributed by atoms with Gasteiger partial charge in [0.05, 0.1) is 16.7 Å². The second kappa shape index (κ2) is 7.02. The molecule has 1 N–H and O–H groups in total. The topological polar surface area (TPSA) is 46.5 Å². The van der Waals surface area contributed by atoms with E-state index in [9.17, 15) is 4.39 Å². The van der Waals surface area contributed by atoms with Crippen LogP contribution in [0.1, 0.15) is 17.1 Å². The van der Waals surface area contributed by atoms with Gasteiger partial charge >= 0.3 is 0 Å². The minimum Gasteiger partial charge on any atom is -0.342 e. The molecule has 0 atom stereocenters. The Balaban J connectivity index is 1.58. The number of aromatic nitrogens is 4. The summed E-state index contributed by atoms with van der Waals surface area (Å²) in [6.07, 6.45) is 2.61. The molecule has 0 aliphatic rings. The highest BCUT2D eigenvalue weighted by molar-refractivity contribution is 5.74. The zero-order valence-electron chi connectivity index (χ0n) is 15.9. The fraction of sp³-hybridized carbons (Fsp3) is 0.0833. The average molecular weight is 382 g/mol. The van der Waals surface area contributed by atoms with Gasteiger partial charge in [-0.3, -0.25) is 4.57 Å². The van der Waals surface area contributed by atoms with E-state index < -0.39 is 0 Å². The molecule has 5 aromatic rings. The van der Waals surface area contributed by atoms with Crippen LogP contribution in [0.5, 0.6) is 0 Å². The van der Waals surface area contributed by atoms with E-state index in [1.807, 2.05) is 35.0 Å². The minimum absolute atomic E-state index is 0.260. The third kappa shape index (κ3) is 3.43. The van der Waals surface area contributed by atoms with E-state index in [0.29, 0.717) is 6.42 Å².